The first kappa shape index (κ1) is 41.8. The molecule has 9 rings (SSSR count). The Labute approximate surface area is 370 Å². The topological polar surface area (TPSA) is 0 Å². The number of benzene rings is 6. The van der Waals surface area contributed by atoms with Gasteiger partial charge in [-0.2, -0.15) is 0 Å². The fraction of sp³-hybridized carbons (Fsp3) is 0.286. The van der Waals surface area contributed by atoms with Crippen molar-refractivity contribution in [3.8, 4) is 33.4 Å². The molecular weight excluding hydrogens is 863 g/mol. The average Bonchev–Trinajstić information content (AvgIpc) is 3.98. The van der Waals surface area contributed by atoms with Gasteiger partial charge >= 0.3 is 373 Å². The van der Waals surface area contributed by atoms with Crippen molar-refractivity contribution in [2.45, 2.75) is 87.3 Å². The summed E-state index contributed by atoms with van der Waals surface area (Å²) in [6.45, 7) is 18.8. The van der Waals surface area contributed by atoms with Crippen LogP contribution in [0.1, 0.15) is 121 Å². The summed E-state index contributed by atoms with van der Waals surface area (Å²) in [6.07, 6.45) is 7.16. The van der Waals surface area contributed by atoms with Crippen LogP contribution in [-0.4, -0.2) is 9.52 Å². The van der Waals surface area contributed by atoms with Crippen LogP contribution in [0.4, 0.5) is 0 Å². The molecule has 6 aromatic rings. The molecule has 2 aliphatic carbocycles. The molecule has 3 aliphatic rings. The molecule has 0 saturated carbocycles. The van der Waals surface area contributed by atoms with Crippen LogP contribution >= 0.6 is 17.0 Å². The molecule has 4 unspecified atom stereocenters. The van der Waals surface area contributed by atoms with Gasteiger partial charge in [-0.3, -0.25) is 0 Å². The summed E-state index contributed by atoms with van der Waals surface area (Å²) >= 11 is -5.71. The maximum absolute atomic E-state index is 9.48. The molecule has 0 fully saturated rings. The first-order valence-corrected chi connectivity index (χ1v) is 34.3. The van der Waals surface area contributed by atoms with Gasteiger partial charge in [-0.25, -0.2) is 0 Å². The Morgan fingerprint density at radius 1 is 0.483 bits per heavy atom. The standard InChI is InChI=1S/2C22H25.C12H9Si.2ClH.Zr/c2*1-5-16(4)18-13-17-9-8-12-21(22(17)14-18)20-11-7-6-10-19(20)15(2)3;1-3-7-11-9(5-1)10-6-2-4-8-12(10)13-11;;;/h2*6-16H,5H2,1-4H3;1-7H,13H2;2*1H;/q;;;;;+2/p-2. The number of hydrogen-bond acceptors (Lipinski definition) is 0. The Morgan fingerprint density at radius 3 is 1.38 bits per heavy atom. The van der Waals surface area contributed by atoms with Gasteiger partial charge in [0.2, 0.25) is 0 Å². The summed E-state index contributed by atoms with van der Waals surface area (Å²) in [6, 6.07) is 48.3. The molecule has 0 saturated heterocycles. The third kappa shape index (κ3) is 6.45. The molecule has 0 nitrogen and oxygen atoms in total. The summed E-state index contributed by atoms with van der Waals surface area (Å²) in [5, 5.41) is 2.98. The summed E-state index contributed by atoms with van der Waals surface area (Å²) in [5.74, 6) is 1.39. The molecule has 1 heterocycles. The molecule has 60 heavy (non-hydrogen) atoms. The minimum absolute atomic E-state index is 0.106. The van der Waals surface area contributed by atoms with Gasteiger partial charge in [-0.15, -0.1) is 0 Å². The molecule has 0 N–H and O–H groups in total. The van der Waals surface area contributed by atoms with Crippen LogP contribution in [0.3, 0.4) is 0 Å². The Hall–Kier alpha value is -3.52. The average molecular weight is 922 g/mol. The van der Waals surface area contributed by atoms with Crippen LogP contribution in [-0.2, 0) is 16.4 Å². The van der Waals surface area contributed by atoms with E-state index in [1.807, 2.05) is 0 Å². The summed E-state index contributed by atoms with van der Waals surface area (Å²) in [4.78, 5) is 0. The normalized spacial score (nSPS) is 18.7. The predicted octanol–water partition coefficient (Wildman–Crippen LogP) is 14.4. The Kier molecular flexibility index (Phi) is 11.1. The van der Waals surface area contributed by atoms with Gasteiger partial charge in [0.25, 0.3) is 0 Å². The summed E-state index contributed by atoms with van der Waals surface area (Å²) < 4.78 is 1.09. The maximum atomic E-state index is 9.48. The van der Waals surface area contributed by atoms with Crippen molar-refractivity contribution in [3.63, 3.8) is 0 Å². The number of allylic oxidation sites excluding steroid dienone is 2. The van der Waals surface area contributed by atoms with Gasteiger partial charge in [0.05, 0.1) is 0 Å². The van der Waals surface area contributed by atoms with Crippen LogP contribution < -0.4 is 13.6 Å². The molecule has 4 heteroatoms. The zero-order valence-electron chi connectivity index (χ0n) is 36.6. The monoisotopic (exact) mass is 919 g/mol. The van der Waals surface area contributed by atoms with Gasteiger partial charge in [-0.1, -0.05) is 0 Å². The minimum atomic E-state index is -5.71. The predicted molar refractivity (Wildman–Crippen MR) is 263 cm³/mol. The molecule has 0 spiro atoms. The number of fused-ring (bicyclic) bond motifs is 5. The van der Waals surface area contributed by atoms with E-state index in [1.165, 1.54) is 91.6 Å². The first-order valence-electron chi connectivity index (χ1n) is 22.5. The van der Waals surface area contributed by atoms with Crippen LogP contribution in [0.15, 0.2) is 139 Å². The molecule has 305 valence electrons. The zero-order chi connectivity index (χ0) is 42.1. The van der Waals surface area contributed by atoms with E-state index in [0.29, 0.717) is 23.7 Å². The first-order chi connectivity index (χ1) is 28.9. The van der Waals surface area contributed by atoms with Gasteiger partial charge in [0, 0.05) is 0 Å². The van der Waals surface area contributed by atoms with Crippen molar-refractivity contribution in [1.29, 1.82) is 0 Å². The van der Waals surface area contributed by atoms with Crippen LogP contribution in [0.2, 0.25) is 0 Å². The van der Waals surface area contributed by atoms with Crippen molar-refractivity contribution in [2.24, 2.45) is 11.8 Å². The Bertz CT molecular complexity index is 2580. The van der Waals surface area contributed by atoms with Crippen molar-refractivity contribution >= 4 is 52.3 Å². The van der Waals surface area contributed by atoms with Gasteiger partial charge < -0.3 is 0 Å². The Morgan fingerprint density at radius 2 is 0.900 bits per heavy atom. The second-order valence-corrected chi connectivity index (χ2v) is 41.1. The zero-order valence-corrected chi connectivity index (χ0v) is 42.0. The van der Waals surface area contributed by atoms with E-state index < -0.39 is 25.9 Å². The second kappa shape index (κ2) is 16.0. The molecule has 6 aromatic carbocycles. The van der Waals surface area contributed by atoms with E-state index in [9.17, 15) is 17.0 Å². The molecule has 0 radical (unpaired) electrons. The third-order valence-electron chi connectivity index (χ3n) is 14.7. The van der Waals surface area contributed by atoms with Crippen molar-refractivity contribution < 1.29 is 16.4 Å². The molecule has 0 amide bonds. The quantitative estimate of drug-likeness (QED) is 0.113. The summed E-state index contributed by atoms with van der Waals surface area (Å²) in [5.41, 5.74) is 18.8. The molecule has 1 aliphatic heterocycles. The van der Waals surface area contributed by atoms with E-state index in [-0.39, 0.29) is 7.25 Å². The number of halogens is 2. The molecule has 0 aromatic heterocycles. The Balaban J connectivity index is 1.40. The van der Waals surface area contributed by atoms with E-state index >= 15 is 0 Å². The molecular formula is C56H59Cl2SiZr. The third-order valence-corrected chi connectivity index (χ3v) is 37.3. The van der Waals surface area contributed by atoms with Gasteiger partial charge in [-0.05, 0) is 0 Å². The second-order valence-electron chi connectivity index (χ2n) is 18.7. The number of rotatable bonds is 11. The molecule has 0 bridgehead atoms. The molecule has 4 atom stereocenters. The van der Waals surface area contributed by atoms with E-state index in [2.05, 4.69) is 195 Å². The van der Waals surface area contributed by atoms with E-state index in [0.717, 1.165) is 12.8 Å². The SMILES string of the molecule is CCC(C)C1=Cc2c(-c3ccccc3C(C)C)cccc2[CH]1[Zr]([Cl])([Cl])([c]1cccc2c1[SiH2]c1ccccc1-2)[CH]1C(C(C)CC)=Cc2c(-c3ccccc3C(C)C)cccc21. The van der Waals surface area contributed by atoms with Crippen LogP contribution in [0, 0.1) is 11.8 Å². The van der Waals surface area contributed by atoms with Crippen LogP contribution in [0.25, 0.3) is 45.5 Å². The van der Waals surface area contributed by atoms with Gasteiger partial charge in [0.15, 0.2) is 0 Å². The van der Waals surface area contributed by atoms with E-state index in [4.69, 9.17) is 0 Å². The fourth-order valence-corrected chi connectivity index (χ4v) is 39.4. The van der Waals surface area contributed by atoms with Crippen molar-refractivity contribution in [1.82, 2.24) is 0 Å². The summed E-state index contributed by atoms with van der Waals surface area (Å²) in [7, 11) is 18.1. The van der Waals surface area contributed by atoms with Crippen molar-refractivity contribution in [3.05, 3.63) is 172 Å². The fourth-order valence-electron chi connectivity index (χ4n) is 11.4. The van der Waals surface area contributed by atoms with Gasteiger partial charge in [0.1, 0.15) is 0 Å². The van der Waals surface area contributed by atoms with E-state index in [1.54, 1.807) is 0 Å². The van der Waals surface area contributed by atoms with Crippen LogP contribution in [0.5, 0.6) is 0 Å². The number of hydrogen-bond donors (Lipinski definition) is 0. The van der Waals surface area contributed by atoms with Crippen molar-refractivity contribution in [2.75, 3.05) is 0 Å².